The van der Waals surface area contributed by atoms with Gasteiger partial charge in [-0.2, -0.15) is 0 Å². The van der Waals surface area contributed by atoms with Gasteiger partial charge in [0, 0.05) is 19.3 Å². The van der Waals surface area contributed by atoms with E-state index in [1.807, 2.05) is 19.2 Å². The minimum atomic E-state index is 0.813. The van der Waals surface area contributed by atoms with E-state index >= 15 is 0 Å². The Morgan fingerprint density at radius 3 is 2.44 bits per heavy atom. The predicted octanol–water partition coefficient (Wildman–Crippen LogP) is 4.06. The van der Waals surface area contributed by atoms with Crippen LogP contribution in [-0.2, 0) is 6.54 Å². The maximum Gasteiger partial charge on any atom is 0.0950 e. The summed E-state index contributed by atoms with van der Waals surface area (Å²) in [6.07, 6.45) is 0. The molecule has 0 saturated heterocycles. The highest BCUT2D eigenvalue weighted by molar-refractivity contribution is 7.19. The Morgan fingerprint density at radius 1 is 1.12 bits per heavy atom. The number of hydrogen-bond donors (Lipinski definition) is 2. The van der Waals surface area contributed by atoms with E-state index in [0.717, 1.165) is 21.6 Å². The first kappa shape index (κ1) is 11.3. The van der Waals surface area contributed by atoms with Crippen molar-refractivity contribution < 1.29 is 0 Å². The Hall–Kier alpha value is -1.19. The van der Waals surface area contributed by atoms with Gasteiger partial charge in [-0.15, -0.1) is 11.3 Å². The zero-order valence-corrected chi connectivity index (χ0v) is 10.5. The summed E-state index contributed by atoms with van der Waals surface area (Å²) in [5, 5.41) is 7.53. The van der Waals surface area contributed by atoms with Gasteiger partial charge in [-0.05, 0) is 29.8 Å². The van der Waals surface area contributed by atoms with Gasteiger partial charge in [0.1, 0.15) is 0 Å². The number of thiophene rings is 1. The van der Waals surface area contributed by atoms with Crippen LogP contribution < -0.4 is 10.6 Å². The molecule has 2 aromatic rings. The first-order valence-electron chi connectivity index (χ1n) is 5.04. The van der Waals surface area contributed by atoms with Gasteiger partial charge in [-0.25, -0.2) is 0 Å². The summed E-state index contributed by atoms with van der Waals surface area (Å²) in [4.78, 5) is 0. The first-order chi connectivity index (χ1) is 7.78. The number of anilines is 2. The lowest BCUT2D eigenvalue weighted by Crippen LogP contribution is -1.97. The molecule has 0 amide bonds. The molecule has 2 nitrogen and oxygen atoms in total. The topological polar surface area (TPSA) is 24.1 Å². The predicted molar refractivity (Wildman–Crippen MR) is 72.6 cm³/mol. The molecule has 0 aliphatic carbocycles. The van der Waals surface area contributed by atoms with E-state index in [9.17, 15) is 0 Å². The van der Waals surface area contributed by atoms with Gasteiger partial charge >= 0.3 is 0 Å². The van der Waals surface area contributed by atoms with Crippen LogP contribution in [0.15, 0.2) is 36.4 Å². The zero-order chi connectivity index (χ0) is 11.4. The van der Waals surface area contributed by atoms with Crippen LogP contribution in [0.1, 0.15) is 5.56 Å². The molecule has 0 radical (unpaired) electrons. The van der Waals surface area contributed by atoms with E-state index in [1.165, 1.54) is 5.56 Å². The van der Waals surface area contributed by atoms with Crippen LogP contribution >= 0.6 is 22.9 Å². The van der Waals surface area contributed by atoms with E-state index in [4.69, 9.17) is 11.6 Å². The molecule has 0 aliphatic rings. The van der Waals surface area contributed by atoms with E-state index in [2.05, 4.69) is 34.9 Å². The quantitative estimate of drug-likeness (QED) is 0.858. The normalized spacial score (nSPS) is 10.1. The number of benzene rings is 1. The molecule has 0 atom stereocenters. The Bertz CT molecular complexity index is 450. The van der Waals surface area contributed by atoms with Gasteiger partial charge in [0.15, 0.2) is 0 Å². The minimum absolute atomic E-state index is 0.813. The van der Waals surface area contributed by atoms with Crippen molar-refractivity contribution in [3.8, 4) is 0 Å². The van der Waals surface area contributed by atoms with Crippen LogP contribution in [0.5, 0.6) is 0 Å². The molecule has 0 bridgehead atoms. The van der Waals surface area contributed by atoms with Crippen molar-refractivity contribution >= 4 is 33.6 Å². The third kappa shape index (κ3) is 2.90. The number of rotatable bonds is 4. The van der Waals surface area contributed by atoms with Crippen LogP contribution in [0.4, 0.5) is 10.7 Å². The van der Waals surface area contributed by atoms with Crippen molar-refractivity contribution in [2.75, 3.05) is 17.7 Å². The fourth-order valence-electron chi connectivity index (χ4n) is 1.39. The van der Waals surface area contributed by atoms with Crippen molar-refractivity contribution in [2.45, 2.75) is 6.54 Å². The standard InChI is InChI=1S/C12H13ClN2S/c1-14-10-4-2-9(3-5-10)8-15-12-7-6-11(13)16-12/h2-7,14-15H,8H2,1H3. The highest BCUT2D eigenvalue weighted by atomic mass is 35.5. The Morgan fingerprint density at radius 2 is 1.88 bits per heavy atom. The molecule has 2 rings (SSSR count). The molecular formula is C12H13ClN2S. The third-order valence-electron chi connectivity index (χ3n) is 2.28. The second-order valence-corrected chi connectivity index (χ2v) is 5.12. The summed E-state index contributed by atoms with van der Waals surface area (Å²) < 4.78 is 0.813. The van der Waals surface area contributed by atoms with E-state index < -0.39 is 0 Å². The molecule has 0 fully saturated rings. The maximum atomic E-state index is 5.85. The summed E-state index contributed by atoms with van der Waals surface area (Å²) in [6, 6.07) is 12.2. The van der Waals surface area contributed by atoms with Crippen LogP contribution in [0.2, 0.25) is 4.34 Å². The van der Waals surface area contributed by atoms with Gasteiger partial charge in [-0.1, -0.05) is 23.7 Å². The van der Waals surface area contributed by atoms with Crippen molar-refractivity contribution in [1.82, 2.24) is 0 Å². The average Bonchev–Trinajstić information content (AvgIpc) is 2.73. The summed E-state index contributed by atoms with van der Waals surface area (Å²) in [5.41, 5.74) is 2.38. The van der Waals surface area contributed by atoms with Crippen molar-refractivity contribution in [1.29, 1.82) is 0 Å². The molecule has 16 heavy (non-hydrogen) atoms. The second kappa shape index (κ2) is 5.23. The van der Waals surface area contributed by atoms with Gasteiger partial charge in [0.05, 0.1) is 9.34 Å². The fraction of sp³-hybridized carbons (Fsp3) is 0.167. The highest BCUT2D eigenvalue weighted by Gasteiger charge is 1.97. The SMILES string of the molecule is CNc1ccc(CNc2ccc(Cl)s2)cc1. The van der Waals surface area contributed by atoms with Crippen LogP contribution in [0.25, 0.3) is 0 Å². The Kier molecular flexibility index (Phi) is 3.70. The maximum absolute atomic E-state index is 5.85. The Balaban J connectivity index is 1.94. The average molecular weight is 253 g/mol. The second-order valence-electron chi connectivity index (χ2n) is 3.40. The molecule has 84 valence electrons. The van der Waals surface area contributed by atoms with Crippen LogP contribution in [-0.4, -0.2) is 7.05 Å². The Labute approximate surface area is 104 Å². The van der Waals surface area contributed by atoms with Crippen LogP contribution in [0, 0.1) is 0 Å². The molecule has 1 aromatic heterocycles. The van der Waals surface area contributed by atoms with Gasteiger partial charge in [-0.3, -0.25) is 0 Å². The molecule has 0 spiro atoms. The van der Waals surface area contributed by atoms with Crippen molar-refractivity contribution in [2.24, 2.45) is 0 Å². The molecule has 4 heteroatoms. The van der Waals surface area contributed by atoms with Gasteiger partial charge < -0.3 is 10.6 Å². The molecule has 0 unspecified atom stereocenters. The lowest BCUT2D eigenvalue weighted by Gasteiger charge is -2.05. The molecule has 1 aromatic carbocycles. The smallest absolute Gasteiger partial charge is 0.0950 e. The van der Waals surface area contributed by atoms with Crippen molar-refractivity contribution in [3.05, 3.63) is 46.3 Å². The lowest BCUT2D eigenvalue weighted by molar-refractivity contribution is 1.16. The molecular weight excluding hydrogens is 240 g/mol. The minimum Gasteiger partial charge on any atom is -0.388 e. The summed E-state index contributed by atoms with van der Waals surface area (Å²) >= 11 is 7.41. The summed E-state index contributed by atoms with van der Waals surface area (Å²) in [7, 11) is 1.92. The fourth-order valence-corrected chi connectivity index (χ4v) is 2.33. The van der Waals surface area contributed by atoms with Gasteiger partial charge in [0.25, 0.3) is 0 Å². The van der Waals surface area contributed by atoms with E-state index in [-0.39, 0.29) is 0 Å². The zero-order valence-electron chi connectivity index (χ0n) is 8.96. The summed E-state index contributed by atoms with van der Waals surface area (Å²) in [5.74, 6) is 0. The molecule has 1 heterocycles. The van der Waals surface area contributed by atoms with E-state index in [0.29, 0.717) is 0 Å². The first-order valence-corrected chi connectivity index (χ1v) is 6.23. The number of hydrogen-bond acceptors (Lipinski definition) is 3. The number of halogens is 1. The highest BCUT2D eigenvalue weighted by Crippen LogP contribution is 2.26. The van der Waals surface area contributed by atoms with Crippen molar-refractivity contribution in [3.63, 3.8) is 0 Å². The number of nitrogens with one attached hydrogen (secondary N) is 2. The molecule has 0 aliphatic heterocycles. The summed E-state index contributed by atoms with van der Waals surface area (Å²) in [6.45, 7) is 0.820. The molecule has 0 saturated carbocycles. The van der Waals surface area contributed by atoms with Crippen LogP contribution in [0.3, 0.4) is 0 Å². The monoisotopic (exact) mass is 252 g/mol. The van der Waals surface area contributed by atoms with E-state index in [1.54, 1.807) is 11.3 Å². The van der Waals surface area contributed by atoms with Gasteiger partial charge in [0.2, 0.25) is 0 Å². The third-order valence-corrected chi connectivity index (χ3v) is 3.47. The molecule has 2 N–H and O–H groups in total. The largest absolute Gasteiger partial charge is 0.388 e. The lowest BCUT2D eigenvalue weighted by atomic mass is 10.2.